The molecule has 1 atom stereocenters. The molecule has 156 valence electrons. The molecule has 1 saturated heterocycles. The van der Waals surface area contributed by atoms with E-state index in [1.54, 1.807) is 11.0 Å². The first-order valence-corrected chi connectivity index (χ1v) is 10.2. The van der Waals surface area contributed by atoms with Crippen LogP contribution >= 0.6 is 11.6 Å². The molecule has 0 unspecified atom stereocenters. The number of piperazine rings is 1. The van der Waals surface area contributed by atoms with E-state index in [1.807, 2.05) is 64.1 Å². The normalized spacial score (nSPS) is 17.2. The molecular formula is C22H28ClN3O3. The number of aromatic nitrogens is 1. The monoisotopic (exact) mass is 417 g/mol. The summed E-state index contributed by atoms with van der Waals surface area (Å²) in [6.07, 6.45) is -0.282. The molecule has 0 radical (unpaired) electrons. The molecule has 0 aliphatic carbocycles. The fraction of sp³-hybridized carbons (Fsp3) is 0.455. The summed E-state index contributed by atoms with van der Waals surface area (Å²) in [7, 11) is 0. The predicted octanol–water partition coefficient (Wildman–Crippen LogP) is 4.76. The van der Waals surface area contributed by atoms with Crippen LogP contribution in [0.1, 0.15) is 33.3 Å². The van der Waals surface area contributed by atoms with Gasteiger partial charge >= 0.3 is 6.09 Å². The number of rotatable bonds is 4. The van der Waals surface area contributed by atoms with Gasteiger partial charge in [0.25, 0.3) is 0 Å². The van der Waals surface area contributed by atoms with Gasteiger partial charge in [0.15, 0.2) is 0 Å². The van der Waals surface area contributed by atoms with E-state index in [0.717, 1.165) is 11.4 Å². The summed E-state index contributed by atoms with van der Waals surface area (Å²) in [5, 5.41) is 0.382. The van der Waals surface area contributed by atoms with Gasteiger partial charge in [0, 0.05) is 37.8 Å². The zero-order valence-electron chi connectivity index (χ0n) is 17.4. The topological polar surface area (TPSA) is 54.9 Å². The summed E-state index contributed by atoms with van der Waals surface area (Å²) in [6, 6.07) is 13.6. The quantitative estimate of drug-likeness (QED) is 0.671. The number of ether oxygens (including phenoxy) is 2. The van der Waals surface area contributed by atoms with Crippen LogP contribution in [0.5, 0.6) is 5.75 Å². The summed E-state index contributed by atoms with van der Waals surface area (Å²) < 4.78 is 11.4. The third kappa shape index (κ3) is 6.00. The van der Waals surface area contributed by atoms with Crippen LogP contribution in [0.15, 0.2) is 42.5 Å². The van der Waals surface area contributed by atoms with Gasteiger partial charge in [-0.2, -0.15) is 0 Å². The molecule has 1 aliphatic rings. The number of halogens is 1. The van der Waals surface area contributed by atoms with Crippen molar-refractivity contribution in [3.8, 4) is 5.75 Å². The number of hydrogen-bond acceptors (Lipinski definition) is 5. The van der Waals surface area contributed by atoms with Crippen LogP contribution < -0.4 is 9.64 Å². The standard InChI is InChI=1S/C22H28ClN3O3/c1-16-14-25(10-11-26(16)21(27)29-22(2,3)4)20-13-18(12-19(23)24-20)28-15-17-8-6-5-7-9-17/h5-9,12-13,16H,10-11,14-15H2,1-4H3/t16-/m1/s1. The van der Waals surface area contributed by atoms with E-state index in [-0.39, 0.29) is 12.1 Å². The van der Waals surface area contributed by atoms with Crippen molar-refractivity contribution < 1.29 is 14.3 Å². The third-order valence-electron chi connectivity index (χ3n) is 4.58. The first-order valence-electron chi connectivity index (χ1n) is 9.80. The Morgan fingerprint density at radius 2 is 1.93 bits per heavy atom. The zero-order chi connectivity index (χ0) is 21.0. The van der Waals surface area contributed by atoms with E-state index < -0.39 is 5.60 Å². The smallest absolute Gasteiger partial charge is 0.410 e. The lowest BCUT2D eigenvalue weighted by Crippen LogP contribution is -2.55. The van der Waals surface area contributed by atoms with Crippen LogP contribution in [0.25, 0.3) is 0 Å². The maximum absolute atomic E-state index is 12.4. The van der Waals surface area contributed by atoms with Gasteiger partial charge in [-0.25, -0.2) is 9.78 Å². The molecule has 1 aromatic carbocycles. The summed E-state index contributed by atoms with van der Waals surface area (Å²) in [5.74, 6) is 1.42. The van der Waals surface area contributed by atoms with Crippen molar-refractivity contribution in [3.63, 3.8) is 0 Å². The highest BCUT2D eigenvalue weighted by Crippen LogP contribution is 2.26. The molecule has 1 aromatic heterocycles. The molecule has 7 heteroatoms. The Bertz CT molecular complexity index is 839. The Balaban J connectivity index is 1.65. The van der Waals surface area contributed by atoms with Crippen molar-refractivity contribution in [2.75, 3.05) is 24.5 Å². The second-order valence-corrected chi connectivity index (χ2v) is 8.61. The number of hydrogen-bond donors (Lipinski definition) is 0. The molecule has 0 N–H and O–H groups in total. The number of carbonyl (C=O) groups is 1. The number of amides is 1. The van der Waals surface area contributed by atoms with Gasteiger partial charge < -0.3 is 19.3 Å². The van der Waals surface area contributed by atoms with E-state index in [2.05, 4.69) is 9.88 Å². The second kappa shape index (κ2) is 8.91. The zero-order valence-corrected chi connectivity index (χ0v) is 18.1. The highest BCUT2D eigenvalue weighted by molar-refractivity contribution is 6.29. The van der Waals surface area contributed by atoms with Crippen molar-refractivity contribution in [2.24, 2.45) is 0 Å². The van der Waals surface area contributed by atoms with Gasteiger partial charge in [0.2, 0.25) is 0 Å². The highest BCUT2D eigenvalue weighted by atomic mass is 35.5. The van der Waals surface area contributed by atoms with Crippen molar-refractivity contribution in [1.29, 1.82) is 0 Å². The molecule has 1 aliphatic heterocycles. The number of pyridine rings is 1. The summed E-state index contributed by atoms with van der Waals surface area (Å²) in [5.41, 5.74) is 0.578. The average Bonchev–Trinajstić information content (AvgIpc) is 2.65. The Labute approximate surface area is 177 Å². The summed E-state index contributed by atoms with van der Waals surface area (Å²) in [6.45, 7) is 9.94. The molecule has 0 bridgehead atoms. The first kappa shape index (κ1) is 21.2. The molecule has 0 spiro atoms. The van der Waals surface area contributed by atoms with E-state index in [0.29, 0.717) is 37.1 Å². The van der Waals surface area contributed by atoms with E-state index >= 15 is 0 Å². The molecule has 29 heavy (non-hydrogen) atoms. The first-order chi connectivity index (χ1) is 13.7. The third-order valence-corrected chi connectivity index (χ3v) is 4.78. The summed E-state index contributed by atoms with van der Waals surface area (Å²) >= 11 is 6.24. The molecule has 2 heterocycles. The van der Waals surface area contributed by atoms with E-state index in [1.165, 1.54) is 0 Å². The van der Waals surface area contributed by atoms with Crippen LogP contribution in [-0.4, -0.2) is 47.3 Å². The number of nitrogens with zero attached hydrogens (tertiary/aromatic N) is 3. The van der Waals surface area contributed by atoms with Gasteiger partial charge in [-0.05, 0) is 33.3 Å². The van der Waals surface area contributed by atoms with Crippen LogP contribution in [0, 0.1) is 0 Å². The van der Waals surface area contributed by atoms with Crippen LogP contribution in [-0.2, 0) is 11.3 Å². The molecule has 3 rings (SSSR count). The minimum Gasteiger partial charge on any atom is -0.489 e. The Morgan fingerprint density at radius 1 is 1.21 bits per heavy atom. The second-order valence-electron chi connectivity index (χ2n) is 8.23. The Hall–Kier alpha value is -2.47. The van der Waals surface area contributed by atoms with Crippen molar-refractivity contribution in [3.05, 3.63) is 53.2 Å². The molecule has 1 amide bonds. The lowest BCUT2D eigenvalue weighted by molar-refractivity contribution is 0.0158. The van der Waals surface area contributed by atoms with Crippen molar-refractivity contribution >= 4 is 23.5 Å². The van der Waals surface area contributed by atoms with Gasteiger partial charge in [0.1, 0.15) is 28.9 Å². The molecule has 2 aromatic rings. The average molecular weight is 418 g/mol. The maximum atomic E-state index is 12.4. The van der Waals surface area contributed by atoms with Crippen LogP contribution in [0.2, 0.25) is 5.15 Å². The van der Waals surface area contributed by atoms with Gasteiger partial charge in [-0.3, -0.25) is 0 Å². The van der Waals surface area contributed by atoms with Crippen LogP contribution in [0.3, 0.4) is 0 Å². The largest absolute Gasteiger partial charge is 0.489 e. The predicted molar refractivity (Wildman–Crippen MR) is 115 cm³/mol. The lowest BCUT2D eigenvalue weighted by Gasteiger charge is -2.40. The van der Waals surface area contributed by atoms with Gasteiger partial charge in [-0.1, -0.05) is 41.9 Å². The molecule has 6 nitrogen and oxygen atoms in total. The fourth-order valence-corrected chi connectivity index (χ4v) is 3.40. The molecule has 1 fully saturated rings. The van der Waals surface area contributed by atoms with Crippen LogP contribution in [0.4, 0.5) is 10.6 Å². The highest BCUT2D eigenvalue weighted by Gasteiger charge is 2.31. The SMILES string of the molecule is C[C@@H]1CN(c2cc(OCc3ccccc3)cc(Cl)n2)CCN1C(=O)OC(C)(C)C. The van der Waals surface area contributed by atoms with E-state index in [9.17, 15) is 4.79 Å². The molecule has 0 saturated carbocycles. The minimum absolute atomic E-state index is 0.00642. The summed E-state index contributed by atoms with van der Waals surface area (Å²) in [4.78, 5) is 20.8. The number of benzene rings is 1. The Morgan fingerprint density at radius 3 is 2.59 bits per heavy atom. The number of carbonyl (C=O) groups excluding carboxylic acids is 1. The molecular weight excluding hydrogens is 390 g/mol. The van der Waals surface area contributed by atoms with Crippen molar-refractivity contribution in [2.45, 2.75) is 45.9 Å². The maximum Gasteiger partial charge on any atom is 0.410 e. The van der Waals surface area contributed by atoms with Crippen molar-refractivity contribution in [1.82, 2.24) is 9.88 Å². The van der Waals surface area contributed by atoms with E-state index in [4.69, 9.17) is 21.1 Å². The minimum atomic E-state index is -0.507. The van der Waals surface area contributed by atoms with Gasteiger partial charge in [-0.15, -0.1) is 0 Å². The number of anilines is 1. The fourth-order valence-electron chi connectivity index (χ4n) is 3.20. The lowest BCUT2D eigenvalue weighted by atomic mass is 10.2. The Kier molecular flexibility index (Phi) is 6.52. The van der Waals surface area contributed by atoms with Gasteiger partial charge in [0.05, 0.1) is 0 Å².